The molecule has 2 rings (SSSR count). The second-order valence-electron chi connectivity index (χ2n) is 5.02. The van der Waals surface area contributed by atoms with Crippen molar-refractivity contribution in [2.24, 2.45) is 0 Å². The van der Waals surface area contributed by atoms with Gasteiger partial charge in [0.1, 0.15) is 24.8 Å². The van der Waals surface area contributed by atoms with Crippen molar-refractivity contribution >= 4 is 11.9 Å². The molecule has 0 saturated heterocycles. The van der Waals surface area contributed by atoms with E-state index in [-0.39, 0.29) is 25.1 Å². The van der Waals surface area contributed by atoms with E-state index in [2.05, 4.69) is 0 Å². The second kappa shape index (κ2) is 5.94. The maximum absolute atomic E-state index is 12.6. The van der Waals surface area contributed by atoms with Gasteiger partial charge in [0.15, 0.2) is 0 Å². The van der Waals surface area contributed by atoms with Crippen molar-refractivity contribution in [3.05, 3.63) is 29.8 Å². The summed E-state index contributed by atoms with van der Waals surface area (Å²) in [6.07, 6.45) is 0.717. The van der Waals surface area contributed by atoms with Crippen LogP contribution in [0.3, 0.4) is 0 Å². The van der Waals surface area contributed by atoms with E-state index in [0.717, 1.165) is 5.56 Å². The van der Waals surface area contributed by atoms with Crippen LogP contribution in [0.1, 0.15) is 31.7 Å². The average molecular weight is 277 g/mol. The Kier molecular flexibility index (Phi) is 4.27. The summed E-state index contributed by atoms with van der Waals surface area (Å²) in [5.74, 6) is -0.859. The summed E-state index contributed by atoms with van der Waals surface area (Å²) >= 11 is 0. The van der Waals surface area contributed by atoms with Gasteiger partial charge in [-0.25, -0.2) is 0 Å². The van der Waals surface area contributed by atoms with Crippen LogP contribution in [0, 0.1) is 0 Å². The molecule has 1 aromatic carbocycles. The van der Waals surface area contributed by atoms with Gasteiger partial charge < -0.3 is 14.7 Å². The number of rotatable bonds is 5. The maximum Gasteiger partial charge on any atom is 0.323 e. The molecule has 0 saturated carbocycles. The Labute approximate surface area is 118 Å². The molecule has 0 radical (unpaired) electrons. The van der Waals surface area contributed by atoms with Crippen LogP contribution in [0.4, 0.5) is 0 Å². The van der Waals surface area contributed by atoms with Crippen LogP contribution in [0.25, 0.3) is 0 Å². The van der Waals surface area contributed by atoms with Crippen molar-refractivity contribution in [3.63, 3.8) is 0 Å². The van der Waals surface area contributed by atoms with Crippen LogP contribution >= 0.6 is 0 Å². The Hall–Kier alpha value is -2.04. The molecule has 0 bridgehead atoms. The normalized spacial score (nSPS) is 18.0. The third kappa shape index (κ3) is 2.76. The zero-order chi connectivity index (χ0) is 14.7. The summed E-state index contributed by atoms with van der Waals surface area (Å²) in [5.41, 5.74) is 0.844. The Balaban J connectivity index is 2.22. The minimum Gasteiger partial charge on any atom is -0.492 e. The predicted molar refractivity (Wildman–Crippen MR) is 73.8 cm³/mol. The smallest absolute Gasteiger partial charge is 0.323 e. The molecule has 2 atom stereocenters. The highest BCUT2D eigenvalue weighted by Gasteiger charge is 2.35. The number of para-hydroxylation sites is 1. The van der Waals surface area contributed by atoms with Crippen molar-refractivity contribution < 1.29 is 19.4 Å². The van der Waals surface area contributed by atoms with Gasteiger partial charge in [-0.2, -0.15) is 0 Å². The van der Waals surface area contributed by atoms with E-state index in [1.165, 1.54) is 4.90 Å². The number of ether oxygens (including phenoxy) is 1. The number of benzene rings is 1. The average Bonchev–Trinajstić information content (AvgIpc) is 2.87. The molecule has 1 N–H and O–H groups in total. The minimum atomic E-state index is -0.995. The number of fused-ring (bicyclic) bond motifs is 1. The molecule has 108 valence electrons. The third-order valence-electron chi connectivity index (χ3n) is 3.71. The number of hydrogen-bond acceptors (Lipinski definition) is 3. The molecule has 0 fully saturated rings. The Bertz CT molecular complexity index is 514. The number of carbonyl (C=O) groups is 2. The van der Waals surface area contributed by atoms with E-state index >= 15 is 0 Å². The fourth-order valence-electron chi connectivity index (χ4n) is 2.38. The van der Waals surface area contributed by atoms with Crippen molar-refractivity contribution in [1.82, 2.24) is 4.90 Å². The lowest BCUT2D eigenvalue weighted by Gasteiger charge is -2.29. The highest BCUT2D eigenvalue weighted by Crippen LogP contribution is 2.35. The first kappa shape index (κ1) is 14.4. The van der Waals surface area contributed by atoms with E-state index < -0.39 is 11.9 Å². The van der Waals surface area contributed by atoms with Crippen molar-refractivity contribution in [2.45, 2.75) is 32.2 Å². The first-order valence-electron chi connectivity index (χ1n) is 6.78. The molecule has 5 nitrogen and oxygen atoms in total. The van der Waals surface area contributed by atoms with Gasteiger partial charge in [0.2, 0.25) is 5.91 Å². The van der Waals surface area contributed by atoms with Gasteiger partial charge in [0.25, 0.3) is 0 Å². The lowest BCUT2D eigenvalue weighted by molar-refractivity contribution is -0.146. The van der Waals surface area contributed by atoms with Crippen LogP contribution in [0.2, 0.25) is 0 Å². The van der Waals surface area contributed by atoms with Gasteiger partial charge >= 0.3 is 5.97 Å². The lowest BCUT2D eigenvalue weighted by atomic mass is 9.99. The zero-order valence-electron chi connectivity index (χ0n) is 11.7. The summed E-state index contributed by atoms with van der Waals surface area (Å²) < 4.78 is 5.51. The highest BCUT2D eigenvalue weighted by molar-refractivity contribution is 5.88. The SMILES string of the molecule is CCC(C)N(CC(=O)O)C(=O)C1COc2ccccc21. The largest absolute Gasteiger partial charge is 0.492 e. The van der Waals surface area contributed by atoms with Gasteiger partial charge in [0.05, 0.1) is 0 Å². The minimum absolute atomic E-state index is 0.105. The van der Waals surface area contributed by atoms with Crippen molar-refractivity contribution in [3.8, 4) is 5.75 Å². The fraction of sp³-hybridized carbons (Fsp3) is 0.467. The fourth-order valence-corrected chi connectivity index (χ4v) is 2.38. The summed E-state index contributed by atoms with van der Waals surface area (Å²) in [7, 11) is 0. The van der Waals surface area contributed by atoms with Gasteiger partial charge in [-0.3, -0.25) is 9.59 Å². The molecule has 1 aliphatic rings. The number of carboxylic acid groups (broad SMARTS) is 1. The quantitative estimate of drug-likeness (QED) is 0.892. The van der Waals surface area contributed by atoms with E-state index in [4.69, 9.17) is 9.84 Å². The predicted octanol–water partition coefficient (Wildman–Crippen LogP) is 1.87. The van der Waals surface area contributed by atoms with Gasteiger partial charge in [-0.1, -0.05) is 25.1 Å². The second-order valence-corrected chi connectivity index (χ2v) is 5.02. The van der Waals surface area contributed by atoms with Crippen LogP contribution in [-0.2, 0) is 9.59 Å². The van der Waals surface area contributed by atoms with Gasteiger partial charge in [-0.15, -0.1) is 0 Å². The Morgan fingerprint density at radius 2 is 2.15 bits per heavy atom. The molecule has 1 aliphatic heterocycles. The number of carboxylic acids is 1. The van der Waals surface area contributed by atoms with E-state index in [1.54, 1.807) is 0 Å². The van der Waals surface area contributed by atoms with Crippen LogP contribution in [0.15, 0.2) is 24.3 Å². The number of aliphatic carboxylic acids is 1. The number of carbonyl (C=O) groups excluding carboxylic acids is 1. The summed E-state index contributed by atoms with van der Waals surface area (Å²) in [4.78, 5) is 25.0. The van der Waals surface area contributed by atoms with Crippen molar-refractivity contribution in [2.75, 3.05) is 13.2 Å². The van der Waals surface area contributed by atoms with E-state index in [1.807, 2.05) is 38.1 Å². The van der Waals surface area contributed by atoms with Crippen LogP contribution in [0.5, 0.6) is 5.75 Å². The molecule has 0 aliphatic carbocycles. The third-order valence-corrected chi connectivity index (χ3v) is 3.71. The van der Waals surface area contributed by atoms with E-state index in [9.17, 15) is 9.59 Å². The number of amides is 1. The van der Waals surface area contributed by atoms with Crippen LogP contribution in [-0.4, -0.2) is 41.1 Å². The van der Waals surface area contributed by atoms with Gasteiger partial charge in [-0.05, 0) is 19.4 Å². The molecular formula is C15H19NO4. The summed E-state index contributed by atoms with van der Waals surface area (Å²) in [6.45, 7) is 3.81. The summed E-state index contributed by atoms with van der Waals surface area (Å²) in [6, 6.07) is 7.30. The first-order valence-corrected chi connectivity index (χ1v) is 6.78. The topological polar surface area (TPSA) is 66.8 Å². The van der Waals surface area contributed by atoms with Crippen LogP contribution < -0.4 is 4.74 Å². The van der Waals surface area contributed by atoms with Crippen molar-refractivity contribution in [1.29, 1.82) is 0 Å². The lowest BCUT2D eigenvalue weighted by Crippen LogP contribution is -2.44. The monoisotopic (exact) mass is 277 g/mol. The Morgan fingerprint density at radius 1 is 1.45 bits per heavy atom. The highest BCUT2D eigenvalue weighted by atomic mass is 16.5. The molecule has 2 unspecified atom stereocenters. The number of hydrogen-bond donors (Lipinski definition) is 1. The molecule has 5 heteroatoms. The number of nitrogens with zero attached hydrogens (tertiary/aromatic N) is 1. The molecule has 1 aromatic rings. The summed E-state index contributed by atoms with van der Waals surface area (Å²) in [5, 5.41) is 8.99. The van der Waals surface area contributed by atoms with E-state index in [0.29, 0.717) is 12.2 Å². The molecule has 1 amide bonds. The molecular weight excluding hydrogens is 258 g/mol. The molecule has 1 heterocycles. The van der Waals surface area contributed by atoms with Gasteiger partial charge in [0, 0.05) is 11.6 Å². The Morgan fingerprint density at radius 3 is 2.80 bits per heavy atom. The molecule has 0 aromatic heterocycles. The standard InChI is InChI=1S/C15H19NO4/c1-3-10(2)16(8-14(17)18)15(19)12-9-20-13-7-5-4-6-11(12)13/h4-7,10,12H,3,8-9H2,1-2H3,(H,17,18). The molecule has 0 spiro atoms. The molecule has 20 heavy (non-hydrogen) atoms. The maximum atomic E-state index is 12.6. The zero-order valence-corrected chi connectivity index (χ0v) is 11.7. The first-order chi connectivity index (χ1) is 9.54.